The molecule has 7 heteroatoms. The maximum absolute atomic E-state index is 13.1. The smallest absolute Gasteiger partial charge is 0.253 e. The number of carbonyl (C=O) groups is 1. The average Bonchev–Trinajstić information content (AvgIpc) is 2.96. The third-order valence-electron chi connectivity index (χ3n) is 6.99. The van der Waals surface area contributed by atoms with Crippen molar-refractivity contribution in [1.82, 2.24) is 24.7 Å². The van der Waals surface area contributed by atoms with Crippen molar-refractivity contribution in [2.75, 3.05) is 58.7 Å². The Balaban J connectivity index is 1.19. The molecule has 2 heterocycles. The lowest BCUT2D eigenvalue weighted by Crippen LogP contribution is -2.48. The highest BCUT2D eigenvalue weighted by atomic mass is 16.2. The molecule has 7 nitrogen and oxygen atoms in total. The molecule has 5 rings (SSSR count). The number of anilines is 1. The zero-order valence-corrected chi connectivity index (χ0v) is 22.3. The van der Waals surface area contributed by atoms with E-state index in [2.05, 4.69) is 47.4 Å². The summed E-state index contributed by atoms with van der Waals surface area (Å²) in [7, 11) is 4.18. The van der Waals surface area contributed by atoms with Crippen LogP contribution >= 0.6 is 0 Å². The molecule has 1 saturated heterocycles. The molecule has 0 bridgehead atoms. The summed E-state index contributed by atoms with van der Waals surface area (Å²) in [6, 6.07) is 26.3. The molecule has 4 aromatic rings. The Morgan fingerprint density at radius 2 is 1.53 bits per heavy atom. The Hall–Kier alpha value is -3.81. The number of hydrogen-bond acceptors (Lipinski definition) is 6. The van der Waals surface area contributed by atoms with Crippen molar-refractivity contribution in [1.29, 1.82) is 0 Å². The molecule has 0 saturated carbocycles. The maximum Gasteiger partial charge on any atom is 0.253 e. The van der Waals surface area contributed by atoms with Gasteiger partial charge in [-0.25, -0.2) is 9.97 Å². The van der Waals surface area contributed by atoms with Crippen LogP contribution in [0.1, 0.15) is 22.6 Å². The molecular weight excluding hydrogens is 472 g/mol. The fourth-order valence-corrected chi connectivity index (χ4v) is 4.86. The third kappa shape index (κ3) is 6.36. The first kappa shape index (κ1) is 25.8. The molecule has 1 aliphatic heterocycles. The fraction of sp³-hybridized carbons (Fsp3) is 0.323. The predicted molar refractivity (Wildman–Crippen MR) is 154 cm³/mol. The highest BCUT2D eigenvalue weighted by molar-refractivity contribution is 5.94. The Kier molecular flexibility index (Phi) is 8.26. The predicted octanol–water partition coefficient (Wildman–Crippen LogP) is 4.62. The van der Waals surface area contributed by atoms with Crippen LogP contribution in [0.4, 0.5) is 5.82 Å². The largest absolute Gasteiger partial charge is 0.369 e. The number of nitrogens with one attached hydrogen (secondary N) is 1. The van der Waals surface area contributed by atoms with E-state index in [-0.39, 0.29) is 5.91 Å². The molecule has 0 unspecified atom stereocenters. The molecule has 3 aromatic carbocycles. The second-order valence-electron chi connectivity index (χ2n) is 10.1. The van der Waals surface area contributed by atoms with E-state index in [1.807, 2.05) is 65.6 Å². The van der Waals surface area contributed by atoms with Gasteiger partial charge in [-0.1, -0.05) is 54.6 Å². The average molecular weight is 509 g/mol. The van der Waals surface area contributed by atoms with E-state index < -0.39 is 0 Å². The summed E-state index contributed by atoms with van der Waals surface area (Å²) in [6.45, 7) is 5.57. The van der Waals surface area contributed by atoms with Crippen LogP contribution in [0.15, 0.2) is 78.9 Å². The lowest BCUT2D eigenvalue weighted by atomic mass is 10.0. The fourth-order valence-electron chi connectivity index (χ4n) is 4.86. The van der Waals surface area contributed by atoms with E-state index >= 15 is 0 Å². The van der Waals surface area contributed by atoms with Crippen molar-refractivity contribution >= 4 is 22.6 Å². The summed E-state index contributed by atoms with van der Waals surface area (Å²) >= 11 is 0. The van der Waals surface area contributed by atoms with Crippen LogP contribution in [0.3, 0.4) is 0 Å². The molecule has 0 radical (unpaired) electrons. The van der Waals surface area contributed by atoms with E-state index in [9.17, 15) is 4.79 Å². The number of hydrogen-bond donors (Lipinski definition) is 1. The summed E-state index contributed by atoms with van der Waals surface area (Å²) in [4.78, 5) is 29.3. The van der Waals surface area contributed by atoms with Crippen molar-refractivity contribution in [2.24, 2.45) is 0 Å². The van der Waals surface area contributed by atoms with Gasteiger partial charge in [0, 0.05) is 43.7 Å². The number of amides is 1. The molecule has 0 atom stereocenters. The van der Waals surface area contributed by atoms with Gasteiger partial charge in [-0.3, -0.25) is 9.69 Å². The monoisotopic (exact) mass is 508 g/mol. The van der Waals surface area contributed by atoms with Crippen LogP contribution in [0.5, 0.6) is 0 Å². The first-order valence-electron chi connectivity index (χ1n) is 13.4. The number of benzene rings is 3. The van der Waals surface area contributed by atoms with E-state index in [1.165, 1.54) is 0 Å². The van der Waals surface area contributed by atoms with Crippen molar-refractivity contribution in [3.8, 4) is 11.1 Å². The molecule has 196 valence electrons. The Bertz CT molecular complexity index is 1350. The minimum absolute atomic E-state index is 0.0930. The van der Waals surface area contributed by atoms with Crippen molar-refractivity contribution in [3.63, 3.8) is 0 Å². The van der Waals surface area contributed by atoms with Gasteiger partial charge in [0.25, 0.3) is 5.91 Å². The summed E-state index contributed by atoms with van der Waals surface area (Å²) in [5, 5.41) is 4.58. The molecular formula is C31H36N6O. The van der Waals surface area contributed by atoms with E-state index in [0.29, 0.717) is 19.6 Å². The summed E-state index contributed by atoms with van der Waals surface area (Å²) in [5.41, 5.74) is 3.97. The molecule has 0 aliphatic carbocycles. The first-order valence-corrected chi connectivity index (χ1v) is 13.4. The van der Waals surface area contributed by atoms with Crippen molar-refractivity contribution in [3.05, 3.63) is 90.3 Å². The zero-order chi connectivity index (χ0) is 26.3. The molecule has 38 heavy (non-hydrogen) atoms. The maximum atomic E-state index is 13.1. The second kappa shape index (κ2) is 12.2. The van der Waals surface area contributed by atoms with Gasteiger partial charge in [0.05, 0.1) is 12.1 Å². The van der Waals surface area contributed by atoms with Gasteiger partial charge in [-0.2, -0.15) is 0 Å². The number of piperazine rings is 1. The minimum Gasteiger partial charge on any atom is -0.369 e. The number of aromatic nitrogens is 2. The number of nitrogens with zero attached hydrogens (tertiary/aromatic N) is 5. The normalized spacial score (nSPS) is 14.2. The third-order valence-corrected chi connectivity index (χ3v) is 6.99. The standard InChI is InChI=1S/C31H36N6O/c1-35(2)18-8-17-32-30-27-11-6-7-12-28(27)33-29(34-30)23-36-19-21-37(22-20-36)31(38)26-15-13-25(14-16-26)24-9-4-3-5-10-24/h3-7,9-16H,8,17-23H2,1-2H3,(H,32,33,34). The molecule has 1 aliphatic rings. The lowest BCUT2D eigenvalue weighted by molar-refractivity contribution is 0.0625. The van der Waals surface area contributed by atoms with E-state index in [1.54, 1.807) is 0 Å². The zero-order valence-electron chi connectivity index (χ0n) is 22.3. The number of rotatable bonds is 9. The van der Waals surface area contributed by atoms with Crippen molar-refractivity contribution < 1.29 is 4.79 Å². The quantitative estimate of drug-likeness (QED) is 0.333. The summed E-state index contributed by atoms with van der Waals surface area (Å²) in [6.07, 6.45) is 1.05. The van der Waals surface area contributed by atoms with Gasteiger partial charge in [-0.05, 0) is 62.5 Å². The molecule has 0 spiro atoms. The lowest BCUT2D eigenvalue weighted by Gasteiger charge is -2.34. The number of fused-ring (bicyclic) bond motifs is 1. The number of carbonyl (C=O) groups excluding carboxylic acids is 1. The van der Waals surface area contributed by atoms with E-state index in [0.717, 1.165) is 71.8 Å². The highest BCUT2D eigenvalue weighted by Crippen LogP contribution is 2.22. The Morgan fingerprint density at radius 3 is 2.26 bits per heavy atom. The summed E-state index contributed by atoms with van der Waals surface area (Å²) in [5.74, 6) is 1.81. The van der Waals surface area contributed by atoms with Crippen LogP contribution in [0, 0.1) is 0 Å². The van der Waals surface area contributed by atoms with Gasteiger partial charge in [0.15, 0.2) is 0 Å². The summed E-state index contributed by atoms with van der Waals surface area (Å²) < 4.78 is 0. The Labute approximate surface area is 225 Å². The van der Waals surface area contributed by atoms with Gasteiger partial charge < -0.3 is 15.1 Å². The van der Waals surface area contributed by atoms with Crippen LogP contribution in [-0.2, 0) is 6.54 Å². The van der Waals surface area contributed by atoms with Crippen LogP contribution in [0.2, 0.25) is 0 Å². The van der Waals surface area contributed by atoms with Gasteiger partial charge >= 0.3 is 0 Å². The van der Waals surface area contributed by atoms with Gasteiger partial charge in [0.1, 0.15) is 11.6 Å². The topological polar surface area (TPSA) is 64.6 Å². The van der Waals surface area contributed by atoms with E-state index in [4.69, 9.17) is 9.97 Å². The van der Waals surface area contributed by atoms with Crippen LogP contribution in [0.25, 0.3) is 22.0 Å². The number of para-hydroxylation sites is 1. The second-order valence-corrected chi connectivity index (χ2v) is 10.1. The van der Waals surface area contributed by atoms with Crippen molar-refractivity contribution in [2.45, 2.75) is 13.0 Å². The molecule has 1 amide bonds. The molecule has 1 aromatic heterocycles. The highest BCUT2D eigenvalue weighted by Gasteiger charge is 2.23. The van der Waals surface area contributed by atoms with Crippen LogP contribution in [-0.4, -0.2) is 83.9 Å². The van der Waals surface area contributed by atoms with Crippen LogP contribution < -0.4 is 5.32 Å². The Morgan fingerprint density at radius 1 is 0.842 bits per heavy atom. The van der Waals surface area contributed by atoms with Gasteiger partial charge in [0.2, 0.25) is 0 Å². The first-order chi connectivity index (χ1) is 18.6. The SMILES string of the molecule is CN(C)CCCNc1nc(CN2CCN(C(=O)c3ccc(-c4ccccc4)cc3)CC2)nc2ccccc12. The minimum atomic E-state index is 0.0930. The molecule has 1 fully saturated rings. The molecule has 1 N–H and O–H groups in total. The van der Waals surface area contributed by atoms with Gasteiger partial charge in [-0.15, -0.1) is 0 Å².